The number of nitrogens with one attached hydrogen (secondary N) is 1. The molecule has 5 N–H and O–H groups in total. The molecule has 1 aromatic rings. The molecule has 2 aliphatic rings. The molecular weight excluding hydrogens is 262 g/mol. The van der Waals surface area contributed by atoms with Crippen molar-refractivity contribution < 1.29 is 4.79 Å². The minimum absolute atomic E-state index is 0.266. The van der Waals surface area contributed by atoms with Crippen molar-refractivity contribution in [3.63, 3.8) is 0 Å². The highest BCUT2D eigenvalue weighted by molar-refractivity contribution is 5.94. The van der Waals surface area contributed by atoms with Crippen molar-refractivity contribution in [2.75, 3.05) is 11.1 Å². The molecule has 114 valence electrons. The lowest BCUT2D eigenvalue weighted by Gasteiger charge is -2.43. The van der Waals surface area contributed by atoms with Crippen LogP contribution in [0.5, 0.6) is 0 Å². The van der Waals surface area contributed by atoms with Crippen LogP contribution >= 0.6 is 0 Å². The number of amides is 1. The van der Waals surface area contributed by atoms with Gasteiger partial charge in [-0.1, -0.05) is 20.8 Å². The molecule has 3 rings (SSSR count). The van der Waals surface area contributed by atoms with Crippen molar-refractivity contribution in [2.45, 2.75) is 46.1 Å². The van der Waals surface area contributed by atoms with E-state index in [4.69, 9.17) is 11.5 Å². The predicted molar refractivity (Wildman–Crippen MR) is 86.0 cm³/mol. The molecule has 0 heterocycles. The van der Waals surface area contributed by atoms with Gasteiger partial charge in [0.15, 0.2) is 0 Å². The Labute approximate surface area is 126 Å². The molecule has 0 spiro atoms. The molecule has 2 aliphatic carbocycles. The summed E-state index contributed by atoms with van der Waals surface area (Å²) in [6, 6.07) is 5.68. The Bertz CT molecular complexity index is 591. The number of hydrogen-bond donors (Lipinski definition) is 3. The molecule has 0 aliphatic heterocycles. The zero-order valence-electron chi connectivity index (χ0n) is 13.1. The minimum atomic E-state index is -0.444. The number of nitrogens with two attached hydrogens (primary N) is 2. The average Bonchev–Trinajstić information content (AvgIpc) is 2.87. The number of fused-ring (bicyclic) bond motifs is 2. The Balaban J connectivity index is 1.88. The lowest BCUT2D eigenvalue weighted by molar-refractivity contribution is 0.100. The van der Waals surface area contributed by atoms with Gasteiger partial charge in [0.1, 0.15) is 0 Å². The fraction of sp³-hybridized carbons (Fsp3) is 0.588. The Hall–Kier alpha value is -1.71. The van der Waals surface area contributed by atoms with Crippen LogP contribution in [0.2, 0.25) is 0 Å². The van der Waals surface area contributed by atoms with Crippen LogP contribution in [0.1, 0.15) is 50.4 Å². The van der Waals surface area contributed by atoms with Gasteiger partial charge in [0.2, 0.25) is 5.91 Å². The molecule has 3 unspecified atom stereocenters. The first kappa shape index (κ1) is 14.2. The van der Waals surface area contributed by atoms with E-state index in [1.54, 1.807) is 12.1 Å². The van der Waals surface area contributed by atoms with Crippen LogP contribution in [-0.2, 0) is 0 Å². The maximum Gasteiger partial charge on any atom is 0.248 e. The van der Waals surface area contributed by atoms with Crippen LogP contribution in [-0.4, -0.2) is 11.9 Å². The number of anilines is 2. The molecule has 1 amide bonds. The highest BCUT2D eigenvalue weighted by atomic mass is 16.1. The smallest absolute Gasteiger partial charge is 0.248 e. The molecule has 0 saturated heterocycles. The van der Waals surface area contributed by atoms with Crippen LogP contribution in [0.3, 0.4) is 0 Å². The van der Waals surface area contributed by atoms with E-state index < -0.39 is 5.91 Å². The van der Waals surface area contributed by atoms with E-state index in [1.165, 1.54) is 19.3 Å². The second kappa shape index (κ2) is 4.39. The van der Waals surface area contributed by atoms with Crippen LogP contribution in [0, 0.1) is 16.7 Å². The zero-order chi connectivity index (χ0) is 15.4. The summed E-state index contributed by atoms with van der Waals surface area (Å²) in [7, 11) is 0. The molecule has 1 aromatic carbocycles. The summed E-state index contributed by atoms with van der Waals surface area (Å²) in [5.41, 5.74) is 13.9. The number of hydrogen-bond acceptors (Lipinski definition) is 3. The summed E-state index contributed by atoms with van der Waals surface area (Å²) < 4.78 is 0. The van der Waals surface area contributed by atoms with Gasteiger partial charge in [0.05, 0.1) is 11.4 Å². The van der Waals surface area contributed by atoms with E-state index in [-0.39, 0.29) is 5.41 Å². The van der Waals surface area contributed by atoms with Gasteiger partial charge >= 0.3 is 0 Å². The molecule has 0 aromatic heterocycles. The van der Waals surface area contributed by atoms with Crippen molar-refractivity contribution in [1.29, 1.82) is 0 Å². The first-order valence-corrected chi connectivity index (χ1v) is 7.70. The van der Waals surface area contributed by atoms with Gasteiger partial charge in [0.25, 0.3) is 0 Å². The summed E-state index contributed by atoms with van der Waals surface area (Å²) in [6.45, 7) is 7.09. The third-order valence-corrected chi connectivity index (χ3v) is 5.91. The van der Waals surface area contributed by atoms with Gasteiger partial charge in [-0.05, 0) is 54.2 Å². The van der Waals surface area contributed by atoms with Gasteiger partial charge in [-0.25, -0.2) is 0 Å². The second-order valence-electron chi connectivity index (χ2n) is 7.66. The normalized spacial score (nSPS) is 33.1. The third-order valence-electron chi connectivity index (χ3n) is 5.91. The molecule has 3 atom stereocenters. The van der Waals surface area contributed by atoms with Crippen LogP contribution in [0.4, 0.5) is 11.4 Å². The molecule has 21 heavy (non-hydrogen) atoms. The van der Waals surface area contributed by atoms with Crippen LogP contribution in [0.15, 0.2) is 18.2 Å². The Kier molecular flexibility index (Phi) is 2.98. The SMILES string of the molecule is CC12CCC(C1)C(C)(C)C2Nc1ccc(C(N)=O)cc1N. The standard InChI is InChI=1S/C17H25N3O/c1-16(2)11-6-7-17(3,9-11)15(16)20-13-5-4-10(14(19)21)8-12(13)18/h4-5,8,11,15,20H,6-7,9,18H2,1-3H3,(H2,19,21). The van der Waals surface area contributed by atoms with E-state index in [9.17, 15) is 4.79 Å². The third kappa shape index (κ3) is 2.08. The highest BCUT2D eigenvalue weighted by Gasteiger charge is 2.59. The van der Waals surface area contributed by atoms with Crippen molar-refractivity contribution in [3.05, 3.63) is 23.8 Å². The van der Waals surface area contributed by atoms with Gasteiger partial charge in [0, 0.05) is 11.6 Å². The summed E-state index contributed by atoms with van der Waals surface area (Å²) >= 11 is 0. The van der Waals surface area contributed by atoms with Crippen molar-refractivity contribution in [3.8, 4) is 0 Å². The fourth-order valence-corrected chi connectivity index (χ4v) is 4.67. The maximum atomic E-state index is 11.2. The van der Waals surface area contributed by atoms with Gasteiger partial charge in [-0.2, -0.15) is 0 Å². The summed E-state index contributed by atoms with van der Waals surface area (Å²) in [4.78, 5) is 11.2. The molecule has 2 bridgehead atoms. The monoisotopic (exact) mass is 287 g/mol. The summed E-state index contributed by atoms with van der Waals surface area (Å²) in [5, 5.41) is 3.66. The number of rotatable bonds is 3. The summed E-state index contributed by atoms with van der Waals surface area (Å²) in [5.74, 6) is 0.339. The Morgan fingerprint density at radius 2 is 2.05 bits per heavy atom. The van der Waals surface area contributed by atoms with Gasteiger partial charge in [-0.15, -0.1) is 0 Å². The van der Waals surface area contributed by atoms with Gasteiger partial charge in [-0.3, -0.25) is 4.79 Å². The Morgan fingerprint density at radius 1 is 1.33 bits per heavy atom. The number of carbonyl (C=O) groups excluding carboxylic acids is 1. The van der Waals surface area contributed by atoms with E-state index in [1.807, 2.05) is 6.07 Å². The van der Waals surface area contributed by atoms with E-state index in [2.05, 4.69) is 26.1 Å². The first-order valence-electron chi connectivity index (χ1n) is 7.70. The maximum absolute atomic E-state index is 11.2. The molecule has 2 saturated carbocycles. The quantitative estimate of drug-likeness (QED) is 0.747. The molecule has 0 radical (unpaired) electrons. The van der Waals surface area contributed by atoms with Crippen LogP contribution in [0.25, 0.3) is 0 Å². The highest BCUT2D eigenvalue weighted by Crippen LogP contribution is 2.63. The number of benzene rings is 1. The number of nitrogen functional groups attached to an aromatic ring is 1. The first-order chi connectivity index (χ1) is 9.74. The average molecular weight is 287 g/mol. The van der Waals surface area contributed by atoms with Gasteiger partial charge < -0.3 is 16.8 Å². The molecular formula is C17H25N3O. The lowest BCUT2D eigenvalue weighted by atomic mass is 9.68. The largest absolute Gasteiger partial charge is 0.397 e. The van der Waals surface area contributed by atoms with E-state index in [0.29, 0.717) is 22.7 Å². The number of primary amides is 1. The van der Waals surface area contributed by atoms with Crippen molar-refractivity contribution >= 4 is 17.3 Å². The fourth-order valence-electron chi connectivity index (χ4n) is 4.67. The topological polar surface area (TPSA) is 81.1 Å². The minimum Gasteiger partial charge on any atom is -0.397 e. The Morgan fingerprint density at radius 3 is 2.57 bits per heavy atom. The molecule has 4 nitrogen and oxygen atoms in total. The van der Waals surface area contributed by atoms with E-state index >= 15 is 0 Å². The number of carbonyl (C=O) groups is 1. The zero-order valence-corrected chi connectivity index (χ0v) is 13.1. The molecule has 2 fully saturated rings. The van der Waals surface area contributed by atoms with E-state index in [0.717, 1.165) is 11.6 Å². The van der Waals surface area contributed by atoms with Crippen molar-refractivity contribution in [1.82, 2.24) is 0 Å². The predicted octanol–water partition coefficient (Wildman–Crippen LogP) is 2.99. The second-order valence-corrected chi connectivity index (χ2v) is 7.66. The lowest BCUT2D eigenvalue weighted by Crippen LogP contribution is -2.45. The van der Waals surface area contributed by atoms with Crippen LogP contribution < -0.4 is 16.8 Å². The molecule has 4 heteroatoms. The van der Waals surface area contributed by atoms with Crippen molar-refractivity contribution in [2.24, 2.45) is 22.5 Å². The summed E-state index contributed by atoms with van der Waals surface area (Å²) in [6.07, 6.45) is 3.90.